The number of rotatable bonds is 7. The highest BCUT2D eigenvalue weighted by Crippen LogP contribution is 2.43. The molecular weight excluding hydrogens is 413 g/mol. The predicted octanol–water partition coefficient (Wildman–Crippen LogP) is 6.03. The molecule has 0 amide bonds. The third-order valence-electron chi connectivity index (χ3n) is 7.34. The Morgan fingerprint density at radius 2 is 1.67 bits per heavy atom. The SMILES string of the molecule is CC(C)(C)[Si](C)(C)OC[C@H]1C[C@@H](Nc2ccncn2)[C@@H](F)[C@@H]1O[Si](C)(C)C(C)(C)C. The second-order valence-corrected chi connectivity index (χ2v) is 21.3. The summed E-state index contributed by atoms with van der Waals surface area (Å²) in [4.78, 5) is 8.16. The van der Waals surface area contributed by atoms with Crippen molar-refractivity contribution in [3.05, 3.63) is 18.6 Å². The largest absolute Gasteiger partial charge is 0.416 e. The van der Waals surface area contributed by atoms with E-state index in [1.165, 1.54) is 6.33 Å². The van der Waals surface area contributed by atoms with E-state index in [4.69, 9.17) is 8.85 Å². The Kier molecular flexibility index (Phi) is 7.59. The smallest absolute Gasteiger partial charge is 0.192 e. The van der Waals surface area contributed by atoms with Crippen LogP contribution in [0.15, 0.2) is 18.6 Å². The third kappa shape index (κ3) is 5.89. The second-order valence-electron chi connectivity index (χ2n) is 11.7. The monoisotopic (exact) mass is 455 g/mol. The van der Waals surface area contributed by atoms with Gasteiger partial charge in [-0.3, -0.25) is 0 Å². The molecule has 1 aromatic rings. The molecule has 0 bridgehead atoms. The molecule has 1 N–H and O–H groups in total. The maximum Gasteiger partial charge on any atom is 0.192 e. The lowest BCUT2D eigenvalue weighted by Gasteiger charge is -2.41. The lowest BCUT2D eigenvalue weighted by atomic mass is 10.1. The van der Waals surface area contributed by atoms with Crippen molar-refractivity contribution >= 4 is 22.5 Å². The van der Waals surface area contributed by atoms with Gasteiger partial charge in [0.25, 0.3) is 0 Å². The number of hydrogen-bond donors (Lipinski definition) is 1. The van der Waals surface area contributed by atoms with Gasteiger partial charge >= 0.3 is 0 Å². The Morgan fingerprint density at radius 3 is 2.17 bits per heavy atom. The van der Waals surface area contributed by atoms with E-state index >= 15 is 4.39 Å². The standard InChI is InChI=1S/C22H42FN3O2Si2/c1-21(2,3)29(7,8)27-14-16-13-17(26-18-11-12-24-15-25-18)19(23)20(16)28-30(9,10)22(4,5)6/h11-12,15-17,19-20H,13-14H2,1-10H3,(H,24,25,26)/t16-,17-,19-,20-/m1/s1. The molecule has 1 aromatic heterocycles. The minimum Gasteiger partial charge on any atom is -0.416 e. The van der Waals surface area contributed by atoms with Crippen LogP contribution in [0.4, 0.5) is 10.2 Å². The lowest BCUT2D eigenvalue weighted by Crippen LogP contribution is -2.49. The van der Waals surface area contributed by atoms with Crippen LogP contribution in [0.2, 0.25) is 36.3 Å². The van der Waals surface area contributed by atoms with Crippen LogP contribution >= 0.6 is 0 Å². The summed E-state index contributed by atoms with van der Waals surface area (Å²) < 4.78 is 28.9. The van der Waals surface area contributed by atoms with Crippen LogP contribution in [0.1, 0.15) is 48.0 Å². The summed E-state index contributed by atoms with van der Waals surface area (Å²) in [6.45, 7) is 22.7. The number of hydrogen-bond acceptors (Lipinski definition) is 5. The molecule has 1 saturated carbocycles. The highest BCUT2D eigenvalue weighted by atomic mass is 28.4. The number of nitrogens with zero attached hydrogens (tertiary/aromatic N) is 2. The molecule has 0 aliphatic heterocycles. The zero-order chi connectivity index (χ0) is 23.0. The zero-order valence-electron chi connectivity index (χ0n) is 20.5. The maximum absolute atomic E-state index is 15.7. The molecule has 1 heterocycles. The van der Waals surface area contributed by atoms with Gasteiger partial charge in [-0.25, -0.2) is 14.4 Å². The summed E-state index contributed by atoms with van der Waals surface area (Å²) in [5, 5.41) is 3.41. The Morgan fingerprint density at radius 1 is 1.07 bits per heavy atom. The fourth-order valence-corrected chi connectivity index (χ4v) is 5.58. The first kappa shape index (κ1) is 25.4. The van der Waals surface area contributed by atoms with Gasteiger partial charge in [0, 0.05) is 18.7 Å². The first-order chi connectivity index (χ1) is 13.6. The summed E-state index contributed by atoms with van der Waals surface area (Å²) in [5.41, 5.74) is 0. The molecule has 4 atom stereocenters. The molecule has 8 heteroatoms. The van der Waals surface area contributed by atoms with E-state index in [0.29, 0.717) is 18.8 Å². The van der Waals surface area contributed by atoms with E-state index in [0.717, 1.165) is 0 Å². The van der Waals surface area contributed by atoms with Gasteiger partial charge in [-0.1, -0.05) is 41.5 Å². The Labute approximate surface area is 184 Å². The van der Waals surface area contributed by atoms with Crippen molar-refractivity contribution in [3.8, 4) is 0 Å². The molecule has 1 aliphatic carbocycles. The minimum absolute atomic E-state index is 0.0163. The Balaban J connectivity index is 2.21. The molecular formula is C22H42FN3O2Si2. The van der Waals surface area contributed by atoms with E-state index < -0.39 is 28.9 Å². The lowest BCUT2D eigenvalue weighted by molar-refractivity contribution is 0.0551. The average Bonchev–Trinajstić information content (AvgIpc) is 2.87. The molecule has 0 aromatic carbocycles. The van der Waals surface area contributed by atoms with E-state index in [9.17, 15) is 0 Å². The maximum atomic E-state index is 15.7. The molecule has 1 aliphatic rings. The number of halogens is 1. The molecule has 1 fully saturated rings. The molecule has 0 radical (unpaired) electrons. The fraction of sp³-hybridized carbons (Fsp3) is 0.818. The number of aromatic nitrogens is 2. The van der Waals surface area contributed by atoms with Crippen LogP contribution in [0.3, 0.4) is 0 Å². The second kappa shape index (κ2) is 8.96. The Hall–Kier alpha value is -0.836. The van der Waals surface area contributed by atoms with Crippen LogP contribution in [0.5, 0.6) is 0 Å². The van der Waals surface area contributed by atoms with Gasteiger partial charge in [-0.15, -0.1) is 0 Å². The van der Waals surface area contributed by atoms with Gasteiger partial charge < -0.3 is 14.2 Å². The van der Waals surface area contributed by atoms with E-state index in [1.54, 1.807) is 12.3 Å². The quantitative estimate of drug-likeness (QED) is 0.509. The van der Waals surface area contributed by atoms with Gasteiger partial charge in [0.2, 0.25) is 0 Å². The Bertz CT molecular complexity index is 690. The molecule has 5 nitrogen and oxygen atoms in total. The van der Waals surface area contributed by atoms with Crippen LogP contribution in [0, 0.1) is 5.92 Å². The molecule has 0 saturated heterocycles. The minimum atomic E-state index is -2.12. The highest BCUT2D eigenvalue weighted by Gasteiger charge is 2.50. The molecule has 0 unspecified atom stereocenters. The van der Waals surface area contributed by atoms with Gasteiger partial charge in [0.15, 0.2) is 16.6 Å². The summed E-state index contributed by atoms with van der Waals surface area (Å²) in [6.07, 6.45) is 2.24. The third-order valence-corrected chi connectivity index (χ3v) is 16.3. The first-order valence-corrected chi connectivity index (χ1v) is 16.9. The van der Waals surface area contributed by atoms with E-state index in [2.05, 4.69) is 83.0 Å². The van der Waals surface area contributed by atoms with Crippen molar-refractivity contribution < 1.29 is 13.2 Å². The van der Waals surface area contributed by atoms with Crippen molar-refractivity contribution in [1.29, 1.82) is 0 Å². The van der Waals surface area contributed by atoms with Crippen LogP contribution in [-0.4, -0.2) is 51.5 Å². The summed E-state index contributed by atoms with van der Waals surface area (Å²) >= 11 is 0. The number of alkyl halides is 1. The first-order valence-electron chi connectivity index (χ1n) is 11.0. The van der Waals surface area contributed by atoms with Crippen molar-refractivity contribution in [2.75, 3.05) is 11.9 Å². The van der Waals surface area contributed by atoms with Gasteiger partial charge in [-0.05, 0) is 48.8 Å². The molecule has 30 heavy (non-hydrogen) atoms. The summed E-state index contributed by atoms with van der Waals surface area (Å²) in [5.74, 6) is 0.664. The van der Waals surface area contributed by atoms with Crippen molar-refractivity contribution in [2.45, 2.75) is 103 Å². The van der Waals surface area contributed by atoms with Crippen LogP contribution < -0.4 is 5.32 Å². The van der Waals surface area contributed by atoms with Gasteiger partial charge in [0.05, 0.1) is 12.1 Å². The predicted molar refractivity (Wildman–Crippen MR) is 128 cm³/mol. The van der Waals surface area contributed by atoms with Gasteiger partial charge in [-0.2, -0.15) is 0 Å². The van der Waals surface area contributed by atoms with Crippen LogP contribution in [-0.2, 0) is 8.85 Å². The van der Waals surface area contributed by atoms with E-state index in [-0.39, 0.29) is 22.0 Å². The number of nitrogens with one attached hydrogen (secondary N) is 1. The normalized spacial score (nSPS) is 26.1. The molecule has 172 valence electrons. The zero-order valence-corrected chi connectivity index (χ0v) is 22.5. The molecule has 0 spiro atoms. The van der Waals surface area contributed by atoms with E-state index in [1.807, 2.05) is 0 Å². The van der Waals surface area contributed by atoms with Crippen molar-refractivity contribution in [2.24, 2.45) is 5.92 Å². The summed E-state index contributed by atoms with van der Waals surface area (Å²) in [7, 11) is -4.05. The summed E-state index contributed by atoms with van der Waals surface area (Å²) in [6, 6.07) is 1.43. The van der Waals surface area contributed by atoms with Gasteiger partial charge in [0.1, 0.15) is 18.3 Å². The fourth-order valence-electron chi connectivity index (χ4n) is 3.16. The van der Waals surface area contributed by atoms with Crippen LogP contribution in [0.25, 0.3) is 0 Å². The average molecular weight is 456 g/mol. The number of anilines is 1. The topological polar surface area (TPSA) is 56.3 Å². The van der Waals surface area contributed by atoms with Crippen molar-refractivity contribution in [3.63, 3.8) is 0 Å². The highest BCUT2D eigenvalue weighted by molar-refractivity contribution is 6.74. The van der Waals surface area contributed by atoms with Crippen molar-refractivity contribution in [1.82, 2.24) is 9.97 Å². The molecule has 2 rings (SSSR count).